The fraction of sp³-hybridized carbons (Fsp3) is 0.462. The highest BCUT2D eigenvalue weighted by Gasteiger charge is 2.30. The monoisotopic (exact) mass is 274 g/mol. The molecule has 0 fully saturated rings. The number of rotatable bonds is 7. The van der Waals surface area contributed by atoms with E-state index < -0.39 is 6.36 Å². The summed E-state index contributed by atoms with van der Waals surface area (Å²) in [5.41, 5.74) is 0.704. The molecule has 0 bridgehead atoms. The number of halogens is 3. The van der Waals surface area contributed by atoms with Gasteiger partial charge in [0.25, 0.3) is 0 Å². The number of alkyl halides is 3. The van der Waals surface area contributed by atoms with Gasteiger partial charge in [-0.25, -0.2) is 0 Å². The molecule has 0 atom stereocenters. The average molecular weight is 274 g/mol. The zero-order valence-corrected chi connectivity index (χ0v) is 10.5. The van der Waals surface area contributed by atoms with E-state index in [4.69, 9.17) is 4.84 Å². The minimum absolute atomic E-state index is 0.186. The van der Waals surface area contributed by atoms with E-state index in [-0.39, 0.29) is 12.4 Å². The second kappa shape index (κ2) is 7.66. The van der Waals surface area contributed by atoms with E-state index in [9.17, 15) is 13.2 Å². The normalized spacial score (nSPS) is 11.8. The van der Waals surface area contributed by atoms with Crippen molar-refractivity contribution in [3.63, 3.8) is 0 Å². The Morgan fingerprint density at radius 2 is 1.89 bits per heavy atom. The summed E-state index contributed by atoms with van der Waals surface area (Å²) in [5.74, 6) is -0.255. The molecular weight excluding hydrogens is 259 g/mol. The van der Waals surface area contributed by atoms with Gasteiger partial charge in [0.05, 0.1) is 0 Å². The third kappa shape index (κ3) is 7.33. The lowest BCUT2D eigenvalue weighted by molar-refractivity contribution is -0.274. The Morgan fingerprint density at radius 1 is 1.21 bits per heavy atom. The molecule has 3 nitrogen and oxygen atoms in total. The summed E-state index contributed by atoms with van der Waals surface area (Å²) in [6.45, 7) is 2.25. The highest BCUT2D eigenvalue weighted by atomic mass is 19.4. The zero-order chi connectivity index (χ0) is 14.1. The number of unbranched alkanes of at least 4 members (excludes halogenated alkanes) is 2. The Morgan fingerprint density at radius 3 is 2.47 bits per heavy atom. The molecule has 0 unspecified atom stereocenters. The molecule has 0 saturated heterocycles. The Balaban J connectivity index is 2.34. The van der Waals surface area contributed by atoms with Gasteiger partial charge in [-0.3, -0.25) is 0 Å². The van der Waals surface area contributed by atoms with Crippen molar-refractivity contribution in [3.8, 4) is 5.75 Å². The van der Waals surface area contributed by atoms with Crippen molar-refractivity contribution >= 4 is 6.21 Å². The summed E-state index contributed by atoms with van der Waals surface area (Å²) in [7, 11) is 0. The number of nitrogens with zero attached hydrogens (tertiary/aromatic N) is 1. The summed E-state index contributed by atoms with van der Waals surface area (Å²) < 4.78 is 39.5. The van der Waals surface area contributed by atoms with Crippen LogP contribution < -0.4 is 4.74 Å². The first-order chi connectivity index (χ1) is 9.01. The van der Waals surface area contributed by atoms with Gasteiger partial charge in [0.2, 0.25) is 0 Å². The number of ether oxygens (including phenoxy) is 1. The number of benzene rings is 1. The van der Waals surface area contributed by atoms with Crippen molar-refractivity contribution in [3.05, 3.63) is 29.8 Å². The SMILES string of the molecule is CCCC/[C]=N/OCc1ccc(OC(F)(F)F)cc1. The molecule has 0 N–H and O–H groups in total. The van der Waals surface area contributed by atoms with Crippen LogP contribution in [0, 0.1) is 0 Å². The van der Waals surface area contributed by atoms with Crippen molar-refractivity contribution in [2.45, 2.75) is 39.2 Å². The molecule has 19 heavy (non-hydrogen) atoms. The van der Waals surface area contributed by atoms with Crippen LogP contribution in [0.4, 0.5) is 13.2 Å². The maximum atomic E-state index is 11.9. The van der Waals surface area contributed by atoms with Gasteiger partial charge in [-0.05, 0) is 30.5 Å². The Labute approximate surface area is 110 Å². The van der Waals surface area contributed by atoms with Crippen LogP contribution in [-0.4, -0.2) is 12.6 Å². The third-order valence-corrected chi connectivity index (χ3v) is 2.16. The molecule has 105 valence electrons. The average Bonchev–Trinajstić information content (AvgIpc) is 2.34. The van der Waals surface area contributed by atoms with E-state index in [1.807, 2.05) is 0 Å². The molecule has 0 aromatic heterocycles. The van der Waals surface area contributed by atoms with E-state index in [1.165, 1.54) is 24.3 Å². The quantitative estimate of drug-likeness (QED) is 0.425. The molecule has 1 radical (unpaired) electrons. The Hall–Kier alpha value is -1.72. The van der Waals surface area contributed by atoms with Crippen molar-refractivity contribution < 1.29 is 22.7 Å². The van der Waals surface area contributed by atoms with Gasteiger partial charge >= 0.3 is 6.36 Å². The van der Waals surface area contributed by atoms with Gasteiger partial charge in [0.1, 0.15) is 18.6 Å². The summed E-state index contributed by atoms with van der Waals surface area (Å²) >= 11 is 0. The van der Waals surface area contributed by atoms with Crippen LogP contribution in [0.15, 0.2) is 29.4 Å². The zero-order valence-electron chi connectivity index (χ0n) is 10.5. The number of hydrogen-bond donors (Lipinski definition) is 0. The van der Waals surface area contributed by atoms with E-state index in [0.29, 0.717) is 5.56 Å². The first-order valence-electron chi connectivity index (χ1n) is 5.91. The molecule has 6 heteroatoms. The van der Waals surface area contributed by atoms with E-state index in [2.05, 4.69) is 23.0 Å². The molecule has 0 saturated carbocycles. The predicted molar refractivity (Wildman–Crippen MR) is 64.9 cm³/mol. The van der Waals surface area contributed by atoms with Crippen LogP contribution in [0.25, 0.3) is 0 Å². The summed E-state index contributed by atoms with van der Waals surface area (Å²) in [6.07, 6.45) is 0.844. The van der Waals surface area contributed by atoms with Gasteiger partial charge in [-0.2, -0.15) is 0 Å². The van der Waals surface area contributed by atoms with Gasteiger partial charge in [0.15, 0.2) is 0 Å². The van der Waals surface area contributed by atoms with Crippen LogP contribution in [-0.2, 0) is 11.4 Å². The molecule has 0 aliphatic rings. The largest absolute Gasteiger partial charge is 0.573 e. The minimum atomic E-state index is -4.67. The van der Waals surface area contributed by atoms with Crippen molar-refractivity contribution in [1.82, 2.24) is 0 Å². The molecular formula is C13H15F3NO2. The molecule has 1 aromatic rings. The van der Waals surface area contributed by atoms with Gasteiger partial charge < -0.3 is 9.57 Å². The second-order valence-corrected chi connectivity index (χ2v) is 3.82. The standard InChI is InChI=1S/C13H15F3NO2/c1-2-3-4-9-17-18-10-11-5-7-12(8-6-11)19-13(14,15)16/h5-8H,2-4,10H2,1H3. The molecule has 1 aromatic carbocycles. The van der Waals surface area contributed by atoms with Crippen LogP contribution >= 0.6 is 0 Å². The van der Waals surface area contributed by atoms with Crippen LogP contribution in [0.5, 0.6) is 5.75 Å². The van der Waals surface area contributed by atoms with E-state index in [0.717, 1.165) is 19.3 Å². The van der Waals surface area contributed by atoms with Gasteiger partial charge in [-0.1, -0.05) is 30.6 Å². The molecule has 0 aliphatic carbocycles. The lowest BCUT2D eigenvalue weighted by atomic mass is 10.2. The summed E-state index contributed by atoms with van der Waals surface area (Å²) in [4.78, 5) is 4.96. The lowest BCUT2D eigenvalue weighted by Gasteiger charge is -2.08. The fourth-order valence-corrected chi connectivity index (χ4v) is 1.24. The minimum Gasteiger partial charge on any atom is -0.406 e. The van der Waals surface area contributed by atoms with E-state index >= 15 is 0 Å². The van der Waals surface area contributed by atoms with Crippen LogP contribution in [0.3, 0.4) is 0 Å². The molecule has 1 rings (SSSR count). The third-order valence-electron chi connectivity index (χ3n) is 2.16. The smallest absolute Gasteiger partial charge is 0.406 e. The maximum absolute atomic E-state index is 11.9. The van der Waals surface area contributed by atoms with Crippen molar-refractivity contribution in [2.24, 2.45) is 5.16 Å². The molecule has 0 aliphatic heterocycles. The van der Waals surface area contributed by atoms with Crippen LogP contribution in [0.1, 0.15) is 31.7 Å². The first-order valence-corrected chi connectivity index (χ1v) is 5.91. The predicted octanol–water partition coefficient (Wildman–Crippen LogP) is 4.15. The van der Waals surface area contributed by atoms with Gasteiger partial charge in [0, 0.05) is 0 Å². The van der Waals surface area contributed by atoms with Crippen molar-refractivity contribution in [1.29, 1.82) is 0 Å². The number of hydrogen-bond acceptors (Lipinski definition) is 3. The van der Waals surface area contributed by atoms with Crippen LogP contribution in [0.2, 0.25) is 0 Å². The Kier molecular flexibility index (Phi) is 6.18. The molecule has 0 amide bonds. The summed E-state index contributed by atoms with van der Waals surface area (Å²) in [6, 6.07) is 5.44. The fourth-order valence-electron chi connectivity index (χ4n) is 1.24. The highest BCUT2D eigenvalue weighted by molar-refractivity contribution is 5.56. The summed E-state index contributed by atoms with van der Waals surface area (Å²) in [5, 5.41) is 3.62. The second-order valence-electron chi connectivity index (χ2n) is 3.82. The van der Waals surface area contributed by atoms with Gasteiger partial charge in [-0.15, -0.1) is 13.2 Å². The highest BCUT2D eigenvalue weighted by Crippen LogP contribution is 2.22. The molecule has 0 heterocycles. The maximum Gasteiger partial charge on any atom is 0.573 e. The van der Waals surface area contributed by atoms with Crippen molar-refractivity contribution in [2.75, 3.05) is 0 Å². The Bertz CT molecular complexity index is 388. The first kappa shape index (κ1) is 15.3. The molecule has 0 spiro atoms. The topological polar surface area (TPSA) is 30.8 Å². The lowest BCUT2D eigenvalue weighted by Crippen LogP contribution is -2.17. The van der Waals surface area contributed by atoms with E-state index in [1.54, 1.807) is 0 Å².